The molecule has 0 aliphatic rings. The molecule has 0 unspecified atom stereocenters. The van der Waals surface area contributed by atoms with Crippen LogP contribution in [-0.2, 0) is 4.74 Å². The molecule has 0 fully saturated rings. The quantitative estimate of drug-likeness (QED) is 0.376. The van der Waals surface area contributed by atoms with Gasteiger partial charge in [-0.1, -0.05) is 0 Å². The topological polar surface area (TPSA) is 94.8 Å². The molecule has 0 bridgehead atoms. The summed E-state index contributed by atoms with van der Waals surface area (Å²) < 4.78 is 24.4. The Balaban J connectivity index is 1.48. The maximum absolute atomic E-state index is 13.2. The van der Waals surface area contributed by atoms with E-state index in [1.54, 1.807) is 23.6 Å². The number of carbonyl (C=O) groups is 2. The molecule has 8 nitrogen and oxygen atoms in total. The lowest BCUT2D eigenvalue weighted by Gasteiger charge is -2.05. The smallest absolute Gasteiger partial charge is 0.434 e. The Morgan fingerprint density at radius 1 is 1.13 bits per heavy atom. The summed E-state index contributed by atoms with van der Waals surface area (Å²) in [7, 11) is 0. The van der Waals surface area contributed by atoms with Gasteiger partial charge in [0.25, 0.3) is 11.9 Å². The lowest BCUT2D eigenvalue weighted by atomic mass is 10.2. The molecule has 1 N–H and O–H groups in total. The highest BCUT2D eigenvalue weighted by Crippen LogP contribution is 2.26. The number of ether oxygens (including phenoxy) is 2. The van der Waals surface area contributed by atoms with Crippen LogP contribution in [0.4, 0.5) is 15.1 Å². The lowest BCUT2D eigenvalue weighted by Crippen LogP contribution is -2.13. The molecule has 0 radical (unpaired) electrons. The fourth-order valence-corrected chi connectivity index (χ4v) is 3.48. The Bertz CT molecular complexity index is 1200. The normalized spacial score (nSPS) is 10.7. The van der Waals surface area contributed by atoms with E-state index in [1.165, 1.54) is 47.7 Å². The predicted octanol–water partition coefficient (Wildman–Crippen LogP) is 4.38. The Morgan fingerprint density at radius 3 is 2.57 bits per heavy atom. The molecule has 30 heavy (non-hydrogen) atoms. The summed E-state index contributed by atoms with van der Waals surface area (Å²) in [4.78, 5) is 28.7. The third kappa shape index (κ3) is 4.13. The first-order valence-electron chi connectivity index (χ1n) is 8.89. The number of halogens is 1. The highest BCUT2D eigenvalue weighted by atomic mass is 32.1. The molecule has 2 heterocycles. The third-order valence-electron chi connectivity index (χ3n) is 4.03. The molecule has 2 aromatic heterocycles. The molecule has 152 valence electrons. The number of hydrogen-bond donors (Lipinski definition) is 1. The van der Waals surface area contributed by atoms with Crippen LogP contribution in [0.15, 0.2) is 53.9 Å². The van der Waals surface area contributed by atoms with Crippen molar-refractivity contribution < 1.29 is 23.5 Å². The summed E-state index contributed by atoms with van der Waals surface area (Å²) in [6, 6.07) is 12.0. The fourth-order valence-electron chi connectivity index (χ4n) is 2.64. The van der Waals surface area contributed by atoms with Crippen LogP contribution in [0.5, 0.6) is 5.75 Å². The van der Waals surface area contributed by atoms with E-state index in [-0.39, 0.29) is 24.1 Å². The van der Waals surface area contributed by atoms with Gasteiger partial charge in [-0.15, -0.1) is 16.4 Å². The number of fused-ring (bicyclic) bond motifs is 1. The van der Waals surface area contributed by atoms with Crippen LogP contribution in [0.1, 0.15) is 17.3 Å². The zero-order chi connectivity index (χ0) is 21.1. The van der Waals surface area contributed by atoms with Crippen LogP contribution in [0.3, 0.4) is 0 Å². The van der Waals surface area contributed by atoms with Crippen LogP contribution < -0.4 is 10.1 Å². The molecule has 0 saturated heterocycles. The predicted molar refractivity (Wildman–Crippen MR) is 108 cm³/mol. The van der Waals surface area contributed by atoms with Crippen LogP contribution >= 0.6 is 11.3 Å². The van der Waals surface area contributed by atoms with Gasteiger partial charge in [-0.25, -0.2) is 13.7 Å². The van der Waals surface area contributed by atoms with Crippen LogP contribution in [0.2, 0.25) is 0 Å². The van der Waals surface area contributed by atoms with Crippen molar-refractivity contribution in [1.82, 2.24) is 14.6 Å². The average Bonchev–Trinajstić information content (AvgIpc) is 3.29. The maximum Gasteiger partial charge on any atom is 0.513 e. The molecule has 4 rings (SSSR count). The summed E-state index contributed by atoms with van der Waals surface area (Å²) in [6.45, 7) is 1.88. The minimum Gasteiger partial charge on any atom is -0.434 e. The molecule has 0 aliphatic carbocycles. The number of anilines is 1. The first-order chi connectivity index (χ1) is 14.5. The van der Waals surface area contributed by atoms with Crippen molar-refractivity contribution in [1.29, 1.82) is 0 Å². The Kier molecular flexibility index (Phi) is 5.40. The summed E-state index contributed by atoms with van der Waals surface area (Å²) in [5, 5.41) is 8.81. The zero-order valence-corrected chi connectivity index (χ0v) is 16.5. The van der Waals surface area contributed by atoms with Gasteiger partial charge in [-0.05, 0) is 55.5 Å². The summed E-state index contributed by atoms with van der Waals surface area (Å²) in [5.41, 5.74) is 1.86. The van der Waals surface area contributed by atoms with Crippen LogP contribution in [-0.4, -0.2) is 33.3 Å². The van der Waals surface area contributed by atoms with Gasteiger partial charge < -0.3 is 9.47 Å². The number of aromatic nitrogens is 3. The Morgan fingerprint density at radius 2 is 1.87 bits per heavy atom. The van der Waals surface area contributed by atoms with Crippen LogP contribution in [0, 0.1) is 5.82 Å². The lowest BCUT2D eigenvalue weighted by molar-refractivity contribution is 0.102. The highest BCUT2D eigenvalue weighted by Gasteiger charge is 2.15. The first kappa shape index (κ1) is 19.5. The van der Waals surface area contributed by atoms with Gasteiger partial charge in [0.2, 0.25) is 4.96 Å². The summed E-state index contributed by atoms with van der Waals surface area (Å²) in [6.07, 6.45) is -0.811. The van der Waals surface area contributed by atoms with E-state index < -0.39 is 12.1 Å². The van der Waals surface area contributed by atoms with E-state index in [2.05, 4.69) is 15.4 Å². The molecule has 0 aliphatic heterocycles. The molecule has 4 aromatic rings. The molecule has 0 atom stereocenters. The van der Waals surface area contributed by atoms with E-state index in [9.17, 15) is 14.0 Å². The second kappa shape index (κ2) is 8.29. The molecular weight excluding hydrogens is 411 g/mol. The number of nitrogens with one attached hydrogen (secondary N) is 1. The number of carbonyl (C=O) groups excluding carboxylic acids is 2. The number of rotatable bonds is 5. The largest absolute Gasteiger partial charge is 0.513 e. The van der Waals surface area contributed by atoms with Crippen molar-refractivity contribution in [3.05, 3.63) is 65.3 Å². The van der Waals surface area contributed by atoms with Gasteiger partial charge in [0.15, 0.2) is 0 Å². The standard InChI is InChI=1S/C20H15FN4O4S/c1-2-28-20(27)29-15-9-5-13(6-10-15)17(26)22-18-23-19-25(24-18)16(11-30-19)12-3-7-14(21)8-4-12/h3-11H,2H2,1H3,(H,22,24,26). The second-order valence-electron chi connectivity index (χ2n) is 6.02. The minimum absolute atomic E-state index is 0.141. The van der Waals surface area contributed by atoms with Crippen molar-refractivity contribution in [2.75, 3.05) is 11.9 Å². The van der Waals surface area contributed by atoms with Gasteiger partial charge in [0, 0.05) is 16.5 Å². The number of amides is 1. The van der Waals surface area contributed by atoms with E-state index in [0.29, 0.717) is 10.5 Å². The minimum atomic E-state index is -0.811. The molecule has 1 amide bonds. The van der Waals surface area contributed by atoms with Crippen LogP contribution in [0.25, 0.3) is 16.2 Å². The van der Waals surface area contributed by atoms with Gasteiger partial charge in [-0.3, -0.25) is 10.1 Å². The van der Waals surface area contributed by atoms with E-state index in [4.69, 9.17) is 9.47 Å². The van der Waals surface area contributed by atoms with E-state index in [1.807, 2.05) is 5.38 Å². The van der Waals surface area contributed by atoms with E-state index in [0.717, 1.165) is 11.3 Å². The summed E-state index contributed by atoms with van der Waals surface area (Å²) >= 11 is 1.35. The molecule has 10 heteroatoms. The van der Waals surface area contributed by atoms with Crippen molar-refractivity contribution in [2.24, 2.45) is 0 Å². The van der Waals surface area contributed by atoms with Crippen molar-refractivity contribution in [3.63, 3.8) is 0 Å². The third-order valence-corrected chi connectivity index (χ3v) is 4.84. The zero-order valence-electron chi connectivity index (χ0n) is 15.7. The monoisotopic (exact) mass is 426 g/mol. The molecule has 0 saturated carbocycles. The van der Waals surface area contributed by atoms with Crippen molar-refractivity contribution in [2.45, 2.75) is 6.92 Å². The van der Waals surface area contributed by atoms with Crippen molar-refractivity contribution in [3.8, 4) is 17.0 Å². The van der Waals surface area contributed by atoms with Gasteiger partial charge >= 0.3 is 6.16 Å². The van der Waals surface area contributed by atoms with Gasteiger partial charge in [-0.2, -0.15) is 4.98 Å². The second-order valence-corrected chi connectivity index (χ2v) is 6.86. The molecular formula is C20H15FN4O4S. The highest BCUT2D eigenvalue weighted by molar-refractivity contribution is 7.15. The first-order valence-corrected chi connectivity index (χ1v) is 9.77. The number of thiazole rings is 1. The number of hydrogen-bond acceptors (Lipinski definition) is 7. The average molecular weight is 426 g/mol. The van der Waals surface area contributed by atoms with Gasteiger partial charge in [0.05, 0.1) is 12.3 Å². The SMILES string of the molecule is CCOC(=O)Oc1ccc(C(=O)Nc2nc3scc(-c4ccc(F)cc4)n3n2)cc1. The Hall–Kier alpha value is -3.79. The van der Waals surface area contributed by atoms with Gasteiger partial charge in [0.1, 0.15) is 11.6 Å². The Labute approximate surface area is 173 Å². The maximum atomic E-state index is 13.2. The molecule has 2 aromatic carbocycles. The van der Waals surface area contributed by atoms with Crippen molar-refractivity contribution >= 4 is 34.3 Å². The number of benzene rings is 2. The summed E-state index contributed by atoms with van der Waals surface area (Å²) in [5.74, 6) is -0.341. The molecule has 0 spiro atoms. The number of nitrogens with zero attached hydrogens (tertiary/aromatic N) is 3. The van der Waals surface area contributed by atoms with E-state index >= 15 is 0 Å². The fraction of sp³-hybridized carbons (Fsp3) is 0.100.